The fraction of sp³-hybridized carbons (Fsp3) is 0.333. The van der Waals surface area contributed by atoms with Crippen LogP contribution in [0.25, 0.3) is 0 Å². The second kappa shape index (κ2) is 6.90. The summed E-state index contributed by atoms with van der Waals surface area (Å²) in [5, 5.41) is 4.84. The molecule has 5 nitrogen and oxygen atoms in total. The van der Waals surface area contributed by atoms with E-state index in [4.69, 9.17) is 5.73 Å². The predicted molar refractivity (Wildman–Crippen MR) is 73.4 cm³/mol. The smallest absolute Gasteiger partial charge is 0.321 e. The molecule has 0 aromatic heterocycles. The first-order valence-corrected chi connectivity index (χ1v) is 6.54. The third-order valence-electron chi connectivity index (χ3n) is 1.92. The lowest BCUT2D eigenvalue weighted by Crippen LogP contribution is -2.43. The van der Waals surface area contributed by atoms with E-state index in [0.717, 1.165) is 4.90 Å². The van der Waals surface area contributed by atoms with Gasteiger partial charge in [-0.2, -0.15) is 0 Å². The molecule has 0 aliphatic heterocycles. The Labute approximate surface area is 111 Å². The normalized spacial score (nSPS) is 10.2. The molecule has 0 radical (unpaired) electrons. The third-order valence-corrected chi connectivity index (χ3v) is 2.93. The standard InChI is InChI=1S/C12H17N3O2S/c1-8(2)14-12(17)15-11(16)7-18-10-5-3-9(13)4-6-10/h3-6,8H,7,13H2,1-2H3,(H2,14,15,16,17). The van der Waals surface area contributed by atoms with Crippen LogP contribution in [0.4, 0.5) is 10.5 Å². The zero-order chi connectivity index (χ0) is 13.5. The average Bonchev–Trinajstić information content (AvgIpc) is 2.27. The van der Waals surface area contributed by atoms with Gasteiger partial charge in [-0.1, -0.05) is 0 Å². The molecule has 0 bridgehead atoms. The number of amides is 3. The average molecular weight is 267 g/mol. The highest BCUT2D eigenvalue weighted by atomic mass is 32.2. The zero-order valence-corrected chi connectivity index (χ0v) is 11.2. The monoisotopic (exact) mass is 267 g/mol. The number of nitrogens with one attached hydrogen (secondary N) is 2. The summed E-state index contributed by atoms with van der Waals surface area (Å²) in [6.45, 7) is 3.65. The largest absolute Gasteiger partial charge is 0.399 e. The molecule has 0 atom stereocenters. The molecule has 6 heteroatoms. The molecule has 0 saturated carbocycles. The second-order valence-electron chi connectivity index (χ2n) is 4.03. The summed E-state index contributed by atoms with van der Waals surface area (Å²) in [5.41, 5.74) is 6.23. The van der Waals surface area contributed by atoms with Crippen molar-refractivity contribution < 1.29 is 9.59 Å². The van der Waals surface area contributed by atoms with E-state index >= 15 is 0 Å². The molecule has 0 spiro atoms. The van der Waals surface area contributed by atoms with Crippen LogP contribution in [0.15, 0.2) is 29.2 Å². The van der Waals surface area contributed by atoms with Gasteiger partial charge in [-0.25, -0.2) is 4.79 Å². The minimum atomic E-state index is -0.465. The molecule has 98 valence electrons. The van der Waals surface area contributed by atoms with Crippen LogP contribution in [-0.2, 0) is 4.79 Å². The van der Waals surface area contributed by atoms with Gasteiger partial charge >= 0.3 is 6.03 Å². The van der Waals surface area contributed by atoms with Crippen LogP contribution in [0.2, 0.25) is 0 Å². The van der Waals surface area contributed by atoms with Crippen LogP contribution in [0.3, 0.4) is 0 Å². The summed E-state index contributed by atoms with van der Waals surface area (Å²) in [4.78, 5) is 23.6. The minimum absolute atomic E-state index is 0.00236. The van der Waals surface area contributed by atoms with Gasteiger partial charge in [0.1, 0.15) is 0 Å². The van der Waals surface area contributed by atoms with Gasteiger partial charge in [-0.3, -0.25) is 10.1 Å². The summed E-state index contributed by atoms with van der Waals surface area (Å²) in [6.07, 6.45) is 0. The van der Waals surface area contributed by atoms with E-state index in [-0.39, 0.29) is 17.7 Å². The van der Waals surface area contributed by atoms with Gasteiger partial charge in [-0.15, -0.1) is 11.8 Å². The van der Waals surface area contributed by atoms with Crippen LogP contribution in [0.1, 0.15) is 13.8 Å². The van der Waals surface area contributed by atoms with Gasteiger partial charge in [-0.05, 0) is 38.1 Å². The van der Waals surface area contributed by atoms with Gasteiger partial charge in [0.05, 0.1) is 5.75 Å². The van der Waals surface area contributed by atoms with E-state index < -0.39 is 6.03 Å². The Bertz CT molecular complexity index is 418. The molecular formula is C12H17N3O2S. The molecule has 18 heavy (non-hydrogen) atoms. The molecule has 0 saturated heterocycles. The Morgan fingerprint density at radius 1 is 1.28 bits per heavy atom. The lowest BCUT2D eigenvalue weighted by molar-refractivity contribution is -0.117. The fourth-order valence-corrected chi connectivity index (χ4v) is 1.87. The number of carbonyl (C=O) groups excluding carboxylic acids is 2. The maximum absolute atomic E-state index is 11.5. The maximum atomic E-state index is 11.5. The minimum Gasteiger partial charge on any atom is -0.399 e. The maximum Gasteiger partial charge on any atom is 0.321 e. The summed E-state index contributed by atoms with van der Waals surface area (Å²) in [7, 11) is 0. The van der Waals surface area contributed by atoms with Gasteiger partial charge in [0.25, 0.3) is 0 Å². The van der Waals surface area contributed by atoms with E-state index in [1.165, 1.54) is 11.8 Å². The highest BCUT2D eigenvalue weighted by molar-refractivity contribution is 8.00. The summed E-state index contributed by atoms with van der Waals surface area (Å²) in [5.74, 6) is -0.134. The Morgan fingerprint density at radius 2 is 1.89 bits per heavy atom. The Kier molecular flexibility index (Phi) is 5.51. The predicted octanol–water partition coefficient (Wildman–Crippen LogP) is 1.60. The number of urea groups is 1. The number of anilines is 1. The lowest BCUT2D eigenvalue weighted by Gasteiger charge is -2.08. The molecule has 0 heterocycles. The summed E-state index contributed by atoms with van der Waals surface area (Å²) >= 11 is 1.35. The number of imide groups is 1. The van der Waals surface area contributed by atoms with E-state index in [1.807, 2.05) is 26.0 Å². The van der Waals surface area contributed by atoms with Crippen molar-refractivity contribution in [2.45, 2.75) is 24.8 Å². The topological polar surface area (TPSA) is 84.2 Å². The molecule has 3 amide bonds. The van der Waals surface area contributed by atoms with E-state index in [1.54, 1.807) is 12.1 Å². The molecule has 0 fully saturated rings. The van der Waals surface area contributed by atoms with Crippen molar-refractivity contribution in [1.82, 2.24) is 10.6 Å². The van der Waals surface area contributed by atoms with Crippen LogP contribution < -0.4 is 16.4 Å². The molecule has 0 aliphatic carbocycles. The molecule has 1 aromatic carbocycles. The number of thioether (sulfide) groups is 1. The van der Waals surface area contributed by atoms with Crippen LogP contribution in [-0.4, -0.2) is 23.7 Å². The van der Waals surface area contributed by atoms with Crippen molar-refractivity contribution in [3.63, 3.8) is 0 Å². The quantitative estimate of drug-likeness (QED) is 0.571. The van der Waals surface area contributed by atoms with Gasteiger partial charge in [0.15, 0.2) is 0 Å². The first kappa shape index (κ1) is 14.4. The number of hydrogen-bond acceptors (Lipinski definition) is 4. The Hall–Kier alpha value is -1.69. The van der Waals surface area contributed by atoms with Crippen molar-refractivity contribution in [2.24, 2.45) is 0 Å². The van der Waals surface area contributed by atoms with Crippen molar-refractivity contribution in [2.75, 3.05) is 11.5 Å². The molecule has 1 rings (SSSR count). The van der Waals surface area contributed by atoms with E-state index in [0.29, 0.717) is 5.69 Å². The van der Waals surface area contributed by atoms with Crippen molar-refractivity contribution in [1.29, 1.82) is 0 Å². The van der Waals surface area contributed by atoms with Crippen molar-refractivity contribution >= 4 is 29.4 Å². The fourth-order valence-electron chi connectivity index (χ4n) is 1.17. The second-order valence-corrected chi connectivity index (χ2v) is 5.08. The molecular weight excluding hydrogens is 250 g/mol. The number of carbonyl (C=O) groups is 2. The van der Waals surface area contributed by atoms with Crippen LogP contribution in [0.5, 0.6) is 0 Å². The van der Waals surface area contributed by atoms with Crippen molar-refractivity contribution in [3.8, 4) is 0 Å². The van der Waals surface area contributed by atoms with Crippen LogP contribution in [0, 0.1) is 0 Å². The number of nitrogens with two attached hydrogens (primary N) is 1. The highest BCUT2D eigenvalue weighted by Crippen LogP contribution is 2.18. The molecule has 4 N–H and O–H groups in total. The number of benzene rings is 1. The SMILES string of the molecule is CC(C)NC(=O)NC(=O)CSc1ccc(N)cc1. The number of hydrogen-bond donors (Lipinski definition) is 3. The molecule has 0 unspecified atom stereocenters. The number of rotatable bonds is 4. The Morgan fingerprint density at radius 3 is 2.44 bits per heavy atom. The van der Waals surface area contributed by atoms with Gasteiger partial charge in [0, 0.05) is 16.6 Å². The van der Waals surface area contributed by atoms with E-state index in [2.05, 4.69) is 10.6 Å². The van der Waals surface area contributed by atoms with Crippen LogP contribution >= 0.6 is 11.8 Å². The highest BCUT2D eigenvalue weighted by Gasteiger charge is 2.08. The third kappa shape index (κ3) is 5.58. The van der Waals surface area contributed by atoms with E-state index in [9.17, 15) is 9.59 Å². The summed E-state index contributed by atoms with van der Waals surface area (Å²) in [6, 6.07) is 6.75. The summed E-state index contributed by atoms with van der Waals surface area (Å²) < 4.78 is 0. The first-order chi connectivity index (χ1) is 8.47. The Balaban J connectivity index is 2.33. The molecule has 0 aliphatic rings. The number of nitrogen functional groups attached to an aromatic ring is 1. The first-order valence-electron chi connectivity index (χ1n) is 5.56. The zero-order valence-electron chi connectivity index (χ0n) is 10.4. The lowest BCUT2D eigenvalue weighted by atomic mass is 10.3. The molecule has 1 aromatic rings. The van der Waals surface area contributed by atoms with Gasteiger partial charge in [0.2, 0.25) is 5.91 Å². The van der Waals surface area contributed by atoms with Crippen molar-refractivity contribution in [3.05, 3.63) is 24.3 Å². The van der Waals surface area contributed by atoms with Gasteiger partial charge < -0.3 is 11.1 Å².